The largest absolute Gasteiger partial charge is 0.494 e. The Bertz CT molecular complexity index is 413. The molecule has 1 aromatic carbocycles. The highest BCUT2D eigenvalue weighted by Gasteiger charge is 2.12. The van der Waals surface area contributed by atoms with Crippen molar-refractivity contribution in [3.63, 3.8) is 0 Å². The molecular weight excluding hydrogens is 270 g/mol. The molecule has 0 aliphatic heterocycles. The van der Waals surface area contributed by atoms with E-state index in [4.69, 9.17) is 27.4 Å². The van der Waals surface area contributed by atoms with Crippen molar-refractivity contribution in [1.29, 1.82) is 0 Å². The van der Waals surface area contributed by atoms with E-state index in [0.717, 1.165) is 24.3 Å². The quantitative estimate of drug-likeness (QED) is 0.618. The molecule has 1 aliphatic rings. The second-order valence-corrected chi connectivity index (χ2v) is 5.66. The van der Waals surface area contributed by atoms with E-state index in [2.05, 4.69) is 0 Å². The lowest BCUT2D eigenvalue weighted by Gasteiger charge is -2.21. The third-order valence-corrected chi connectivity index (χ3v) is 3.84. The van der Waals surface area contributed by atoms with E-state index < -0.39 is 0 Å². The third kappa shape index (κ3) is 5.10. The Morgan fingerprint density at radius 1 is 1.10 bits per heavy atom. The monoisotopic (exact) mass is 293 g/mol. The van der Waals surface area contributed by atoms with Crippen molar-refractivity contribution in [3.05, 3.63) is 29.8 Å². The molecule has 0 amide bonds. The number of benzene rings is 1. The summed E-state index contributed by atoms with van der Waals surface area (Å²) in [6.07, 6.45) is 7.85. The number of rotatable bonds is 7. The molecule has 1 saturated carbocycles. The summed E-state index contributed by atoms with van der Waals surface area (Å²) >= 11 is 4.91. The summed E-state index contributed by atoms with van der Waals surface area (Å²) in [4.78, 5) is 0.414. The molecule has 0 bridgehead atoms. The Morgan fingerprint density at radius 2 is 1.80 bits per heavy atom. The fraction of sp³-hybridized carbons (Fsp3) is 0.562. The van der Waals surface area contributed by atoms with Crippen LogP contribution in [0.25, 0.3) is 0 Å². The summed E-state index contributed by atoms with van der Waals surface area (Å²) in [5.74, 6) is 0.850. The van der Waals surface area contributed by atoms with Crippen LogP contribution in [0.15, 0.2) is 24.3 Å². The van der Waals surface area contributed by atoms with Gasteiger partial charge in [-0.25, -0.2) is 0 Å². The van der Waals surface area contributed by atoms with Crippen LogP contribution in [0.1, 0.15) is 44.1 Å². The molecule has 1 fully saturated rings. The summed E-state index contributed by atoms with van der Waals surface area (Å²) in [6, 6.07) is 7.57. The molecule has 110 valence electrons. The predicted molar refractivity (Wildman–Crippen MR) is 85.3 cm³/mol. The van der Waals surface area contributed by atoms with Crippen LogP contribution in [0.3, 0.4) is 0 Å². The van der Waals surface area contributed by atoms with Crippen LogP contribution in [-0.4, -0.2) is 24.3 Å². The molecule has 0 unspecified atom stereocenters. The maximum absolute atomic E-state index is 5.86. The lowest BCUT2D eigenvalue weighted by Crippen LogP contribution is -2.18. The van der Waals surface area contributed by atoms with Crippen molar-refractivity contribution < 1.29 is 9.47 Å². The first kappa shape index (κ1) is 15.3. The first-order valence-electron chi connectivity index (χ1n) is 7.40. The van der Waals surface area contributed by atoms with Gasteiger partial charge >= 0.3 is 0 Å². The van der Waals surface area contributed by atoms with Gasteiger partial charge in [0.15, 0.2) is 0 Å². The Kier molecular flexibility index (Phi) is 6.27. The zero-order chi connectivity index (χ0) is 14.2. The Labute approximate surface area is 126 Å². The highest BCUT2D eigenvalue weighted by Crippen LogP contribution is 2.20. The molecule has 0 heterocycles. The van der Waals surface area contributed by atoms with E-state index in [0.29, 0.717) is 17.7 Å². The van der Waals surface area contributed by atoms with Crippen LogP contribution in [0.2, 0.25) is 0 Å². The SMILES string of the molecule is NC(=S)c1ccc(OCCCOC2CCCCC2)cc1. The summed E-state index contributed by atoms with van der Waals surface area (Å²) in [6.45, 7) is 1.47. The zero-order valence-corrected chi connectivity index (χ0v) is 12.7. The number of hydrogen-bond acceptors (Lipinski definition) is 3. The first-order valence-corrected chi connectivity index (χ1v) is 7.81. The van der Waals surface area contributed by atoms with Gasteiger partial charge in [0.1, 0.15) is 10.7 Å². The number of thiocarbonyl (C=S) groups is 1. The van der Waals surface area contributed by atoms with Crippen LogP contribution in [0, 0.1) is 0 Å². The van der Waals surface area contributed by atoms with Gasteiger partial charge in [-0.15, -0.1) is 0 Å². The maximum atomic E-state index is 5.86. The van der Waals surface area contributed by atoms with Gasteiger partial charge in [0.05, 0.1) is 19.3 Å². The normalized spacial score (nSPS) is 16.0. The Morgan fingerprint density at radius 3 is 2.45 bits per heavy atom. The van der Waals surface area contributed by atoms with E-state index in [1.165, 1.54) is 32.1 Å². The molecule has 0 spiro atoms. The van der Waals surface area contributed by atoms with Gasteiger partial charge in [0, 0.05) is 12.0 Å². The Balaban J connectivity index is 1.59. The topological polar surface area (TPSA) is 44.5 Å². The minimum Gasteiger partial charge on any atom is -0.494 e. The van der Waals surface area contributed by atoms with Crippen molar-refractivity contribution >= 4 is 17.2 Å². The molecule has 4 heteroatoms. The van der Waals surface area contributed by atoms with Crippen molar-refractivity contribution in [2.75, 3.05) is 13.2 Å². The molecule has 0 atom stereocenters. The van der Waals surface area contributed by atoms with Crippen molar-refractivity contribution in [3.8, 4) is 5.75 Å². The van der Waals surface area contributed by atoms with Crippen LogP contribution in [-0.2, 0) is 4.74 Å². The minimum absolute atomic E-state index is 0.414. The van der Waals surface area contributed by atoms with Gasteiger partial charge in [-0.1, -0.05) is 31.5 Å². The highest BCUT2D eigenvalue weighted by atomic mass is 32.1. The minimum atomic E-state index is 0.414. The summed E-state index contributed by atoms with van der Waals surface area (Å²) < 4.78 is 11.5. The summed E-state index contributed by atoms with van der Waals surface area (Å²) in [5.41, 5.74) is 6.42. The molecule has 2 N–H and O–H groups in total. The average Bonchev–Trinajstić information content (AvgIpc) is 2.48. The maximum Gasteiger partial charge on any atom is 0.119 e. The van der Waals surface area contributed by atoms with E-state index in [1.54, 1.807) is 0 Å². The van der Waals surface area contributed by atoms with Crippen molar-refractivity contribution in [1.82, 2.24) is 0 Å². The van der Waals surface area contributed by atoms with Crippen molar-refractivity contribution in [2.24, 2.45) is 5.73 Å². The lowest BCUT2D eigenvalue weighted by atomic mass is 9.98. The molecule has 3 nitrogen and oxygen atoms in total. The predicted octanol–water partition coefficient (Wildman–Crippen LogP) is 3.44. The molecular formula is C16H23NO2S. The van der Waals surface area contributed by atoms with E-state index in [1.807, 2.05) is 24.3 Å². The molecule has 0 saturated heterocycles. The van der Waals surface area contributed by atoms with Crippen LogP contribution in [0.4, 0.5) is 0 Å². The Hall–Kier alpha value is -1.13. The van der Waals surface area contributed by atoms with Gasteiger partial charge in [0.25, 0.3) is 0 Å². The summed E-state index contributed by atoms with van der Waals surface area (Å²) in [5, 5.41) is 0. The third-order valence-electron chi connectivity index (χ3n) is 3.60. The molecule has 1 aliphatic carbocycles. The molecule has 0 radical (unpaired) electrons. The van der Waals surface area contributed by atoms with E-state index in [9.17, 15) is 0 Å². The zero-order valence-electron chi connectivity index (χ0n) is 11.8. The van der Waals surface area contributed by atoms with E-state index in [-0.39, 0.29) is 0 Å². The van der Waals surface area contributed by atoms with Gasteiger partial charge in [-0.2, -0.15) is 0 Å². The fourth-order valence-electron chi connectivity index (χ4n) is 2.45. The smallest absolute Gasteiger partial charge is 0.119 e. The van der Waals surface area contributed by atoms with Gasteiger partial charge in [0.2, 0.25) is 0 Å². The van der Waals surface area contributed by atoms with Crippen molar-refractivity contribution in [2.45, 2.75) is 44.6 Å². The standard InChI is InChI=1S/C16H23NO2S/c17-16(20)13-7-9-15(10-8-13)19-12-4-11-18-14-5-2-1-3-6-14/h7-10,14H,1-6,11-12H2,(H2,17,20). The fourth-order valence-corrected chi connectivity index (χ4v) is 2.58. The lowest BCUT2D eigenvalue weighted by molar-refractivity contribution is 0.0226. The molecule has 20 heavy (non-hydrogen) atoms. The van der Waals surface area contributed by atoms with Crippen LogP contribution in [0.5, 0.6) is 5.75 Å². The first-order chi connectivity index (χ1) is 9.75. The van der Waals surface area contributed by atoms with E-state index >= 15 is 0 Å². The molecule has 0 aromatic heterocycles. The number of ether oxygens (including phenoxy) is 2. The number of nitrogens with two attached hydrogens (primary N) is 1. The van der Waals surface area contributed by atoms with Gasteiger partial charge in [-0.3, -0.25) is 0 Å². The van der Waals surface area contributed by atoms with Crippen LogP contribution < -0.4 is 10.5 Å². The van der Waals surface area contributed by atoms with Gasteiger partial charge in [-0.05, 0) is 37.1 Å². The van der Waals surface area contributed by atoms with Gasteiger partial charge < -0.3 is 15.2 Å². The number of hydrogen-bond donors (Lipinski definition) is 1. The average molecular weight is 293 g/mol. The second kappa shape index (κ2) is 8.22. The second-order valence-electron chi connectivity index (χ2n) is 5.22. The molecule has 1 aromatic rings. The van der Waals surface area contributed by atoms with Crippen LogP contribution >= 0.6 is 12.2 Å². The molecule has 2 rings (SSSR count). The highest BCUT2D eigenvalue weighted by molar-refractivity contribution is 7.80. The summed E-state index contributed by atoms with van der Waals surface area (Å²) in [7, 11) is 0.